The molecule has 1 heterocycles. The lowest BCUT2D eigenvalue weighted by Crippen LogP contribution is -2.14. The van der Waals surface area contributed by atoms with Crippen LogP contribution >= 0.6 is 0 Å². The number of hydrogen-bond acceptors (Lipinski definition) is 3. The Bertz CT molecular complexity index is 2480. The van der Waals surface area contributed by atoms with E-state index in [0.29, 0.717) is 17.5 Å². The lowest BCUT2D eigenvalue weighted by molar-refractivity contribution is 0.660. The van der Waals surface area contributed by atoms with Gasteiger partial charge in [-0.2, -0.15) is 0 Å². The van der Waals surface area contributed by atoms with Crippen molar-refractivity contribution >= 4 is 0 Å². The largest absolute Gasteiger partial charge is 0.208 e. The molecule has 8 aromatic rings. The Morgan fingerprint density at radius 3 is 1.37 bits per heavy atom. The summed E-state index contributed by atoms with van der Waals surface area (Å²) in [5, 5.41) is 0. The molecule has 0 bridgehead atoms. The van der Waals surface area contributed by atoms with E-state index in [0.717, 1.165) is 27.8 Å². The zero-order valence-electron chi connectivity index (χ0n) is 28.6. The number of hydrogen-bond donors (Lipinski definition) is 0. The molecule has 0 spiro atoms. The standard InChI is InChI=1S/C48H35N3/c1-48(2)42-27-13-12-24-40(42)41-31-36(28-29-43(41)48)39-26-15-25-38(44(39)32-16-6-3-7-17-32)35-22-14-23-37(30-35)47-50-45(33-18-8-4-9-19-33)49-46(51-47)34-20-10-5-11-21-34/h3-31H,1-2H3. The Hall–Kier alpha value is -6.45. The second-order valence-electron chi connectivity index (χ2n) is 13.6. The van der Waals surface area contributed by atoms with Gasteiger partial charge >= 0.3 is 0 Å². The van der Waals surface area contributed by atoms with Gasteiger partial charge in [0.2, 0.25) is 0 Å². The zero-order chi connectivity index (χ0) is 34.4. The molecular weight excluding hydrogens is 619 g/mol. The highest BCUT2D eigenvalue weighted by Crippen LogP contribution is 2.50. The first kappa shape index (κ1) is 30.6. The normalized spacial score (nSPS) is 12.7. The van der Waals surface area contributed by atoms with Crippen molar-refractivity contribution in [1.82, 2.24) is 15.0 Å². The molecule has 0 saturated carbocycles. The van der Waals surface area contributed by atoms with E-state index in [1.54, 1.807) is 0 Å². The van der Waals surface area contributed by atoms with Gasteiger partial charge in [-0.3, -0.25) is 0 Å². The molecule has 7 aromatic carbocycles. The van der Waals surface area contributed by atoms with Crippen molar-refractivity contribution in [2.75, 3.05) is 0 Å². The molecule has 1 aromatic heterocycles. The number of fused-ring (bicyclic) bond motifs is 3. The number of aromatic nitrogens is 3. The predicted molar refractivity (Wildman–Crippen MR) is 210 cm³/mol. The van der Waals surface area contributed by atoms with Gasteiger partial charge in [-0.05, 0) is 67.8 Å². The Kier molecular flexibility index (Phi) is 7.48. The molecule has 51 heavy (non-hydrogen) atoms. The van der Waals surface area contributed by atoms with E-state index in [9.17, 15) is 0 Å². The highest BCUT2D eigenvalue weighted by Gasteiger charge is 2.35. The first-order valence-electron chi connectivity index (χ1n) is 17.5. The Morgan fingerprint density at radius 1 is 0.314 bits per heavy atom. The van der Waals surface area contributed by atoms with Crippen molar-refractivity contribution < 1.29 is 0 Å². The van der Waals surface area contributed by atoms with Crippen molar-refractivity contribution in [3.8, 4) is 78.7 Å². The van der Waals surface area contributed by atoms with Crippen LogP contribution in [-0.4, -0.2) is 15.0 Å². The van der Waals surface area contributed by atoms with Gasteiger partial charge in [0.05, 0.1) is 0 Å². The summed E-state index contributed by atoms with van der Waals surface area (Å²) in [7, 11) is 0. The minimum atomic E-state index is -0.0369. The van der Waals surface area contributed by atoms with Crippen LogP contribution in [0.3, 0.4) is 0 Å². The predicted octanol–water partition coefficient (Wildman–Crippen LogP) is 12.2. The van der Waals surface area contributed by atoms with Crippen LogP contribution in [0.5, 0.6) is 0 Å². The highest BCUT2D eigenvalue weighted by atomic mass is 15.0. The number of benzene rings is 7. The van der Waals surface area contributed by atoms with Crippen LogP contribution in [0.4, 0.5) is 0 Å². The van der Waals surface area contributed by atoms with Crippen molar-refractivity contribution in [2.45, 2.75) is 19.3 Å². The lowest BCUT2D eigenvalue weighted by atomic mass is 9.81. The van der Waals surface area contributed by atoms with Crippen molar-refractivity contribution in [3.05, 3.63) is 187 Å². The maximum absolute atomic E-state index is 5.02. The molecule has 0 fully saturated rings. The van der Waals surface area contributed by atoms with Gasteiger partial charge in [0.15, 0.2) is 17.5 Å². The fraction of sp³-hybridized carbons (Fsp3) is 0.0625. The highest BCUT2D eigenvalue weighted by molar-refractivity contribution is 5.96. The van der Waals surface area contributed by atoms with E-state index in [-0.39, 0.29) is 5.41 Å². The summed E-state index contributed by atoms with van der Waals surface area (Å²) < 4.78 is 0. The quantitative estimate of drug-likeness (QED) is 0.179. The maximum atomic E-state index is 5.02. The van der Waals surface area contributed by atoms with Gasteiger partial charge in [0.25, 0.3) is 0 Å². The van der Waals surface area contributed by atoms with E-state index in [4.69, 9.17) is 15.0 Å². The molecule has 3 heteroatoms. The summed E-state index contributed by atoms with van der Waals surface area (Å²) in [5.41, 5.74) is 15.2. The van der Waals surface area contributed by atoms with E-state index >= 15 is 0 Å². The van der Waals surface area contributed by atoms with Crippen molar-refractivity contribution in [3.63, 3.8) is 0 Å². The fourth-order valence-electron chi connectivity index (χ4n) is 7.60. The topological polar surface area (TPSA) is 38.7 Å². The van der Waals surface area contributed by atoms with Crippen LogP contribution in [0, 0.1) is 0 Å². The van der Waals surface area contributed by atoms with Gasteiger partial charge in [-0.25, -0.2) is 15.0 Å². The SMILES string of the molecule is CC1(C)c2ccccc2-c2cc(-c3cccc(-c4cccc(-c5nc(-c6ccccc6)nc(-c6ccccc6)n5)c4)c3-c3ccccc3)ccc21. The first-order chi connectivity index (χ1) is 25.0. The molecular formula is C48H35N3. The first-order valence-corrected chi connectivity index (χ1v) is 17.5. The fourth-order valence-corrected chi connectivity index (χ4v) is 7.60. The molecule has 0 N–H and O–H groups in total. The Balaban J connectivity index is 1.21. The second kappa shape index (κ2) is 12.5. The van der Waals surface area contributed by atoms with Gasteiger partial charge in [-0.15, -0.1) is 0 Å². The summed E-state index contributed by atoms with van der Waals surface area (Å²) >= 11 is 0. The molecule has 0 unspecified atom stereocenters. The molecule has 0 saturated heterocycles. The smallest absolute Gasteiger partial charge is 0.164 e. The van der Waals surface area contributed by atoms with Gasteiger partial charge in [0.1, 0.15) is 0 Å². The van der Waals surface area contributed by atoms with E-state index in [2.05, 4.69) is 129 Å². The Morgan fingerprint density at radius 2 is 0.745 bits per heavy atom. The average Bonchev–Trinajstić information content (AvgIpc) is 3.44. The molecule has 0 atom stereocenters. The lowest BCUT2D eigenvalue weighted by Gasteiger charge is -2.22. The summed E-state index contributed by atoms with van der Waals surface area (Å²) in [5.74, 6) is 1.94. The third kappa shape index (κ3) is 5.44. The third-order valence-electron chi connectivity index (χ3n) is 10.2. The van der Waals surface area contributed by atoms with Crippen LogP contribution in [0.15, 0.2) is 176 Å². The molecule has 3 nitrogen and oxygen atoms in total. The average molecular weight is 654 g/mol. The number of rotatable bonds is 6. The molecule has 9 rings (SSSR count). The molecule has 242 valence electrons. The summed E-state index contributed by atoms with van der Waals surface area (Å²) in [4.78, 5) is 14.9. The number of nitrogens with zero attached hydrogens (tertiary/aromatic N) is 3. The van der Waals surface area contributed by atoms with Gasteiger partial charge in [0, 0.05) is 22.1 Å². The molecule has 0 radical (unpaired) electrons. The van der Waals surface area contributed by atoms with Crippen LogP contribution in [0.25, 0.3) is 78.7 Å². The van der Waals surface area contributed by atoms with Gasteiger partial charge in [-0.1, -0.05) is 178 Å². The van der Waals surface area contributed by atoms with Crippen molar-refractivity contribution in [2.24, 2.45) is 0 Å². The third-order valence-corrected chi connectivity index (χ3v) is 10.2. The van der Waals surface area contributed by atoms with Gasteiger partial charge < -0.3 is 0 Å². The molecule has 0 aliphatic heterocycles. The van der Waals surface area contributed by atoms with Crippen LogP contribution in [-0.2, 0) is 5.41 Å². The van der Waals surface area contributed by atoms with Crippen LogP contribution in [0.1, 0.15) is 25.0 Å². The summed E-state index contributed by atoms with van der Waals surface area (Å²) in [6, 6.07) is 62.1. The Labute approximate surface area is 299 Å². The minimum Gasteiger partial charge on any atom is -0.208 e. The van der Waals surface area contributed by atoms with Crippen LogP contribution < -0.4 is 0 Å². The minimum absolute atomic E-state index is 0.0369. The second-order valence-corrected chi connectivity index (χ2v) is 13.6. The summed E-state index contributed by atoms with van der Waals surface area (Å²) in [6.07, 6.45) is 0. The summed E-state index contributed by atoms with van der Waals surface area (Å²) in [6.45, 7) is 4.66. The van der Waals surface area contributed by atoms with E-state index < -0.39 is 0 Å². The molecule has 0 amide bonds. The van der Waals surface area contributed by atoms with E-state index in [1.807, 2.05) is 60.7 Å². The van der Waals surface area contributed by atoms with Crippen molar-refractivity contribution in [1.29, 1.82) is 0 Å². The zero-order valence-corrected chi connectivity index (χ0v) is 28.6. The molecule has 1 aliphatic carbocycles. The molecule has 1 aliphatic rings. The maximum Gasteiger partial charge on any atom is 0.164 e. The van der Waals surface area contributed by atoms with E-state index in [1.165, 1.54) is 44.5 Å². The monoisotopic (exact) mass is 653 g/mol. The van der Waals surface area contributed by atoms with Crippen LogP contribution in [0.2, 0.25) is 0 Å².